The molecule has 0 spiro atoms. The zero-order valence-electron chi connectivity index (χ0n) is 6.16. The van der Waals surface area contributed by atoms with Crippen LogP contribution in [0.15, 0.2) is 0 Å². The fourth-order valence-electron chi connectivity index (χ4n) is 0. The van der Waals surface area contributed by atoms with Crippen molar-refractivity contribution in [1.82, 2.24) is 0 Å². The minimum absolute atomic E-state index is 2.17. The maximum atomic E-state index is 8.74. The molecule has 0 saturated carbocycles. The molecule has 14 heteroatoms. The van der Waals surface area contributed by atoms with Gasteiger partial charge in [-0.2, -0.15) is 16.8 Å². The quantitative estimate of drug-likeness (QED) is 0.168. The predicted octanol–water partition coefficient (Wildman–Crippen LogP) is -3.36. The number of hydrogen-bond acceptors (Lipinski definition) is 7. The lowest BCUT2D eigenvalue weighted by atomic mass is 10.3. The first-order valence-electron chi connectivity index (χ1n) is 2.17. The summed E-state index contributed by atoms with van der Waals surface area (Å²) in [5.41, 5.74) is 0. The minimum Gasteiger partial charge on any atom is -0.402 e. The van der Waals surface area contributed by atoms with Crippen LogP contribution in [0.5, 0.6) is 0 Å². The average Bonchev–Trinajstić information content (AvgIpc) is 1.45. The van der Waals surface area contributed by atoms with E-state index in [-0.39, 0.29) is 0 Å². The van der Waals surface area contributed by atoms with E-state index >= 15 is 0 Å². The molecule has 0 fully saturated rings. The molecule has 7 N–H and O–H groups in total. The second kappa shape index (κ2) is 8.03. The molecule has 14 heavy (non-hydrogen) atoms. The van der Waals surface area contributed by atoms with E-state index in [1.54, 1.807) is 0 Å². The van der Waals surface area contributed by atoms with Crippen molar-refractivity contribution in [2.24, 2.45) is 0 Å². The van der Waals surface area contributed by atoms with Crippen LogP contribution in [0.4, 0.5) is 0 Å². The van der Waals surface area contributed by atoms with E-state index in [0.29, 0.717) is 0 Å². The van der Waals surface area contributed by atoms with Gasteiger partial charge in [0.15, 0.2) is 0 Å². The Balaban J connectivity index is -0.000000131. The van der Waals surface area contributed by atoms with Crippen LogP contribution in [-0.2, 0) is 20.8 Å². The maximum absolute atomic E-state index is 8.74. The summed E-state index contributed by atoms with van der Waals surface area (Å²) in [5.74, 6) is 0. The van der Waals surface area contributed by atoms with Gasteiger partial charge in [0.1, 0.15) is 0 Å². The lowest BCUT2D eigenvalue weighted by molar-refractivity contribution is 0.278. The summed E-state index contributed by atoms with van der Waals surface area (Å²) < 4.78 is 63.2. The van der Waals surface area contributed by atoms with Crippen LogP contribution in [0, 0.1) is 0 Å². The summed E-state index contributed by atoms with van der Waals surface area (Å²) in [7, 11) is -11.5. The van der Waals surface area contributed by atoms with Crippen LogP contribution in [0.2, 0.25) is 0 Å². The molecule has 0 aliphatic rings. The Morgan fingerprint density at radius 2 is 0.643 bits per heavy atom. The van der Waals surface area contributed by atoms with E-state index in [1.807, 2.05) is 0 Å². The third kappa shape index (κ3) is 13400. The van der Waals surface area contributed by atoms with Crippen molar-refractivity contribution in [2.45, 2.75) is 0 Å². The van der Waals surface area contributed by atoms with Crippen molar-refractivity contribution < 1.29 is 50.1 Å². The van der Waals surface area contributed by atoms with E-state index in [1.165, 1.54) is 0 Å². The molecule has 0 unspecified atom stereocenters. The van der Waals surface area contributed by atoms with Gasteiger partial charge in [-0.1, -0.05) is 0 Å². The van der Waals surface area contributed by atoms with Crippen molar-refractivity contribution in [3.63, 3.8) is 0 Å². The Kier molecular flexibility index (Phi) is 11.1. The van der Waals surface area contributed by atoms with E-state index < -0.39 is 28.1 Å². The predicted molar refractivity (Wildman–Crippen MR) is 40.8 cm³/mol. The highest BCUT2D eigenvalue weighted by molar-refractivity contribution is 7.80. The molecule has 88 valence electrons. The molecule has 0 aliphatic carbocycles. The smallest absolute Gasteiger partial charge is 0.402 e. The third-order valence-corrected chi connectivity index (χ3v) is 0. The second-order valence-corrected chi connectivity index (χ2v) is 3.03. The average molecular weight is 258 g/mol. The first kappa shape index (κ1) is 19.3. The van der Waals surface area contributed by atoms with Crippen molar-refractivity contribution in [2.75, 3.05) is 0 Å². The summed E-state index contributed by atoms with van der Waals surface area (Å²) in [5, 5.41) is 21.5. The van der Waals surface area contributed by atoms with E-state index in [0.717, 1.165) is 0 Å². The Hall–Kier alpha value is -0.315. The fraction of sp³-hybridized carbons (Fsp3) is 0. The molecular formula is H7BO11S2. The van der Waals surface area contributed by atoms with Gasteiger partial charge in [0.05, 0.1) is 0 Å². The highest BCUT2D eigenvalue weighted by Gasteiger charge is 1.92. The molecule has 0 bridgehead atoms. The normalized spacial score (nSPS) is 10.2. The summed E-state index contributed by atoms with van der Waals surface area (Å²) in [6, 6.07) is 0. The minimum atomic E-state index is -4.67. The molecule has 0 rings (SSSR count). The molecule has 0 saturated heterocycles. The van der Waals surface area contributed by atoms with Gasteiger partial charge in [-0.05, 0) is 0 Å². The highest BCUT2D eigenvalue weighted by atomic mass is 32.3. The van der Waals surface area contributed by atoms with Gasteiger partial charge in [-0.25, -0.2) is 0 Å². The highest BCUT2D eigenvalue weighted by Crippen LogP contribution is 1.59. The van der Waals surface area contributed by atoms with Gasteiger partial charge >= 0.3 is 28.1 Å². The molecule has 0 aromatic rings. The second-order valence-electron chi connectivity index (χ2n) is 1.24. The summed E-state index contributed by atoms with van der Waals surface area (Å²) in [4.78, 5) is 0. The van der Waals surface area contributed by atoms with Crippen LogP contribution in [0.1, 0.15) is 0 Å². The van der Waals surface area contributed by atoms with Crippen LogP contribution < -0.4 is 0 Å². The van der Waals surface area contributed by atoms with Gasteiger partial charge < -0.3 is 15.1 Å². The van der Waals surface area contributed by atoms with Crippen molar-refractivity contribution in [3.05, 3.63) is 0 Å². The standard InChI is InChI=1S/BH3O3.2H2O4S/c2-1(3)4;2*1-5(2,3)4/h2-4H;2*(H2,1,2,3,4). The first-order valence-corrected chi connectivity index (χ1v) is 4.97. The molecule has 0 aromatic carbocycles. The Bertz CT molecular complexity index is 243. The number of hydrogen-bond donors (Lipinski definition) is 7. The zero-order chi connectivity index (χ0) is 12.6. The van der Waals surface area contributed by atoms with Crippen molar-refractivity contribution in [1.29, 1.82) is 0 Å². The zero-order valence-corrected chi connectivity index (χ0v) is 7.79. The van der Waals surface area contributed by atoms with Gasteiger partial charge in [0.2, 0.25) is 0 Å². The summed E-state index contributed by atoms with van der Waals surface area (Å²) in [6.45, 7) is 0. The molecule has 0 amide bonds. The summed E-state index contributed by atoms with van der Waals surface area (Å²) in [6.07, 6.45) is 0. The lowest BCUT2D eigenvalue weighted by Gasteiger charge is -1.69. The number of rotatable bonds is 0. The lowest BCUT2D eigenvalue weighted by Crippen LogP contribution is -2.07. The maximum Gasteiger partial charge on any atom is 0.631 e. The molecule has 0 radical (unpaired) electrons. The monoisotopic (exact) mass is 258 g/mol. The Morgan fingerprint density at radius 3 is 0.643 bits per heavy atom. The van der Waals surface area contributed by atoms with Gasteiger partial charge in [0.25, 0.3) is 0 Å². The van der Waals surface area contributed by atoms with E-state index in [4.69, 9.17) is 50.1 Å². The topological polar surface area (TPSA) is 210 Å². The molecule has 11 nitrogen and oxygen atoms in total. The third-order valence-electron chi connectivity index (χ3n) is 0. The molecule has 0 heterocycles. The molecular weight excluding hydrogens is 251 g/mol. The molecule has 0 aromatic heterocycles. The largest absolute Gasteiger partial charge is 0.631 e. The molecule has 0 atom stereocenters. The van der Waals surface area contributed by atoms with Crippen molar-refractivity contribution in [3.8, 4) is 0 Å². The van der Waals surface area contributed by atoms with Crippen molar-refractivity contribution >= 4 is 28.1 Å². The first-order chi connectivity index (χ1) is 5.73. The van der Waals surface area contributed by atoms with Gasteiger partial charge in [-0.15, -0.1) is 0 Å². The van der Waals surface area contributed by atoms with Crippen LogP contribution in [0.25, 0.3) is 0 Å². The Labute approximate surface area is 79.0 Å². The SMILES string of the molecule is O=S(=O)(O)O.O=S(=O)(O)O.OB(O)O. The van der Waals surface area contributed by atoms with Crippen LogP contribution in [0.3, 0.4) is 0 Å². The van der Waals surface area contributed by atoms with Gasteiger partial charge in [0, 0.05) is 0 Å². The molecule has 0 aliphatic heterocycles. The summed E-state index contributed by atoms with van der Waals surface area (Å²) >= 11 is 0. The van der Waals surface area contributed by atoms with Crippen LogP contribution >= 0.6 is 0 Å². The van der Waals surface area contributed by atoms with E-state index in [2.05, 4.69) is 0 Å². The van der Waals surface area contributed by atoms with E-state index in [9.17, 15) is 0 Å². The van der Waals surface area contributed by atoms with Gasteiger partial charge in [-0.3, -0.25) is 18.2 Å². The Morgan fingerprint density at radius 1 is 0.643 bits per heavy atom. The fourth-order valence-corrected chi connectivity index (χ4v) is 0. The van der Waals surface area contributed by atoms with Crippen LogP contribution in [-0.4, -0.2) is 57.4 Å².